The normalized spacial score (nSPS) is 14.4. The fourth-order valence-electron chi connectivity index (χ4n) is 3.88. The second-order valence-electron chi connectivity index (χ2n) is 7.35. The maximum absolute atomic E-state index is 12.5. The summed E-state index contributed by atoms with van der Waals surface area (Å²) in [5.41, 5.74) is 3.62. The summed E-state index contributed by atoms with van der Waals surface area (Å²) in [4.78, 5) is 20.1. The summed E-state index contributed by atoms with van der Waals surface area (Å²) in [6, 6.07) is 16.4. The molecule has 4 rings (SSSR count). The zero-order valence-corrected chi connectivity index (χ0v) is 16.9. The van der Waals surface area contributed by atoms with E-state index in [0.29, 0.717) is 6.54 Å². The lowest BCUT2D eigenvalue weighted by molar-refractivity contribution is -0.130. The van der Waals surface area contributed by atoms with Crippen LogP contribution in [0.25, 0.3) is 10.9 Å². The highest BCUT2D eigenvalue weighted by atomic mass is 16.5. The molecule has 0 unspecified atom stereocenters. The van der Waals surface area contributed by atoms with Gasteiger partial charge in [0.25, 0.3) is 0 Å². The molecule has 3 aromatic rings. The van der Waals surface area contributed by atoms with Crippen molar-refractivity contribution in [3.63, 3.8) is 0 Å². The summed E-state index contributed by atoms with van der Waals surface area (Å²) in [5.74, 6) is 1.04. The van der Waals surface area contributed by atoms with Gasteiger partial charge in [0.05, 0.1) is 13.7 Å². The molecule has 152 valence electrons. The molecule has 1 amide bonds. The molecule has 0 saturated carbocycles. The molecule has 1 aromatic heterocycles. The van der Waals surface area contributed by atoms with E-state index in [1.54, 1.807) is 7.11 Å². The Morgan fingerprint density at radius 3 is 2.59 bits per heavy atom. The smallest absolute Gasteiger partial charge is 0.236 e. The first-order chi connectivity index (χ1) is 14.2. The van der Waals surface area contributed by atoms with E-state index in [4.69, 9.17) is 4.74 Å². The van der Waals surface area contributed by atoms with E-state index >= 15 is 0 Å². The molecule has 0 spiro atoms. The van der Waals surface area contributed by atoms with Crippen molar-refractivity contribution in [2.75, 3.05) is 51.3 Å². The number of anilines is 1. The van der Waals surface area contributed by atoms with Crippen molar-refractivity contribution in [1.29, 1.82) is 0 Å². The van der Waals surface area contributed by atoms with Crippen LogP contribution < -0.4 is 15.0 Å². The highest BCUT2D eigenvalue weighted by Gasteiger charge is 2.21. The molecular weight excluding hydrogens is 364 g/mol. The van der Waals surface area contributed by atoms with Crippen LogP contribution in [0.3, 0.4) is 0 Å². The molecule has 0 radical (unpaired) electrons. The van der Waals surface area contributed by atoms with Gasteiger partial charge < -0.3 is 24.8 Å². The molecular formula is C23H28N4O2. The van der Waals surface area contributed by atoms with Gasteiger partial charge in [-0.2, -0.15) is 0 Å². The molecule has 2 heterocycles. The van der Waals surface area contributed by atoms with Gasteiger partial charge in [-0.05, 0) is 48.9 Å². The summed E-state index contributed by atoms with van der Waals surface area (Å²) >= 11 is 0. The summed E-state index contributed by atoms with van der Waals surface area (Å²) < 4.78 is 5.22. The molecule has 0 bridgehead atoms. The monoisotopic (exact) mass is 392 g/mol. The zero-order chi connectivity index (χ0) is 20.1. The number of nitrogens with one attached hydrogen (secondary N) is 2. The Bertz CT molecular complexity index is 943. The largest absolute Gasteiger partial charge is 0.497 e. The number of ether oxygens (including phenoxy) is 1. The fraction of sp³-hybridized carbons (Fsp3) is 0.348. The molecule has 6 heteroatoms. The second-order valence-corrected chi connectivity index (χ2v) is 7.35. The Kier molecular flexibility index (Phi) is 6.00. The van der Waals surface area contributed by atoms with Gasteiger partial charge in [0.1, 0.15) is 5.75 Å². The topological polar surface area (TPSA) is 60.6 Å². The predicted octanol–water partition coefficient (Wildman–Crippen LogP) is 2.66. The Morgan fingerprint density at radius 1 is 1.07 bits per heavy atom. The molecule has 1 aliphatic rings. The Morgan fingerprint density at radius 2 is 1.83 bits per heavy atom. The molecule has 2 N–H and O–H groups in total. The van der Waals surface area contributed by atoms with Crippen LogP contribution >= 0.6 is 0 Å². The minimum absolute atomic E-state index is 0.179. The van der Waals surface area contributed by atoms with Gasteiger partial charge in [0, 0.05) is 49.0 Å². The lowest BCUT2D eigenvalue weighted by Crippen LogP contribution is -2.51. The maximum Gasteiger partial charge on any atom is 0.236 e. The van der Waals surface area contributed by atoms with E-state index in [1.165, 1.54) is 16.6 Å². The van der Waals surface area contributed by atoms with Crippen LogP contribution in [0.2, 0.25) is 0 Å². The Hall–Kier alpha value is -2.99. The van der Waals surface area contributed by atoms with Crippen molar-refractivity contribution in [2.45, 2.75) is 6.42 Å². The summed E-state index contributed by atoms with van der Waals surface area (Å²) in [7, 11) is 1.67. The van der Waals surface area contributed by atoms with E-state index in [9.17, 15) is 4.79 Å². The SMILES string of the molecule is COc1ccc(N2CCN(C(=O)CNCCc3c[nH]c4ccccc34)CC2)cc1. The van der Waals surface area contributed by atoms with Crippen LogP contribution in [0.1, 0.15) is 5.56 Å². The third-order valence-electron chi connectivity index (χ3n) is 5.59. The van der Waals surface area contributed by atoms with Crippen molar-refractivity contribution >= 4 is 22.5 Å². The van der Waals surface area contributed by atoms with Gasteiger partial charge >= 0.3 is 0 Å². The Balaban J connectivity index is 1.20. The van der Waals surface area contributed by atoms with Crippen molar-refractivity contribution in [3.05, 3.63) is 60.3 Å². The number of benzene rings is 2. The van der Waals surface area contributed by atoms with E-state index in [1.807, 2.05) is 23.1 Å². The van der Waals surface area contributed by atoms with E-state index in [2.05, 4.69) is 51.7 Å². The minimum atomic E-state index is 0.179. The minimum Gasteiger partial charge on any atom is -0.497 e. The van der Waals surface area contributed by atoms with Crippen LogP contribution in [0.4, 0.5) is 5.69 Å². The first-order valence-corrected chi connectivity index (χ1v) is 10.2. The molecule has 0 atom stereocenters. The number of amides is 1. The van der Waals surface area contributed by atoms with Crippen molar-refractivity contribution in [2.24, 2.45) is 0 Å². The van der Waals surface area contributed by atoms with Gasteiger partial charge in [-0.1, -0.05) is 18.2 Å². The quantitative estimate of drug-likeness (QED) is 0.607. The van der Waals surface area contributed by atoms with Crippen LogP contribution in [0.15, 0.2) is 54.7 Å². The van der Waals surface area contributed by atoms with Crippen LogP contribution in [-0.2, 0) is 11.2 Å². The lowest BCUT2D eigenvalue weighted by atomic mass is 10.1. The number of carbonyl (C=O) groups is 1. The Labute approximate surface area is 171 Å². The van der Waals surface area contributed by atoms with Gasteiger partial charge in [-0.25, -0.2) is 0 Å². The van der Waals surface area contributed by atoms with E-state index in [0.717, 1.165) is 50.4 Å². The first kappa shape index (κ1) is 19.3. The molecule has 6 nitrogen and oxygen atoms in total. The van der Waals surface area contributed by atoms with Gasteiger partial charge in [-0.15, -0.1) is 0 Å². The molecule has 29 heavy (non-hydrogen) atoms. The van der Waals surface area contributed by atoms with Gasteiger partial charge in [0.15, 0.2) is 0 Å². The molecule has 0 aliphatic carbocycles. The van der Waals surface area contributed by atoms with E-state index in [-0.39, 0.29) is 5.91 Å². The molecule has 1 aliphatic heterocycles. The number of hydrogen-bond acceptors (Lipinski definition) is 4. The van der Waals surface area contributed by atoms with Crippen molar-refractivity contribution in [3.8, 4) is 5.75 Å². The number of rotatable bonds is 7. The number of fused-ring (bicyclic) bond motifs is 1. The van der Waals surface area contributed by atoms with Crippen molar-refractivity contribution in [1.82, 2.24) is 15.2 Å². The number of methoxy groups -OCH3 is 1. The summed E-state index contributed by atoms with van der Waals surface area (Å²) in [6.07, 6.45) is 2.97. The third kappa shape index (κ3) is 4.54. The average Bonchev–Trinajstić information content (AvgIpc) is 3.20. The maximum atomic E-state index is 12.5. The second kappa shape index (κ2) is 9.01. The number of aromatic nitrogens is 1. The number of hydrogen-bond donors (Lipinski definition) is 2. The van der Waals surface area contributed by atoms with Crippen molar-refractivity contribution < 1.29 is 9.53 Å². The number of aromatic amines is 1. The van der Waals surface area contributed by atoms with Crippen LogP contribution in [0.5, 0.6) is 5.75 Å². The number of H-pyrrole nitrogens is 1. The molecule has 1 fully saturated rings. The van der Waals surface area contributed by atoms with Crippen LogP contribution in [0, 0.1) is 0 Å². The standard InChI is InChI=1S/C23H28N4O2/c1-29-20-8-6-19(7-9-20)26-12-14-27(15-13-26)23(28)17-24-11-10-18-16-25-22-5-3-2-4-21(18)22/h2-9,16,24-25H,10-15,17H2,1H3. The number of carbonyl (C=O) groups excluding carboxylic acids is 1. The highest BCUT2D eigenvalue weighted by Crippen LogP contribution is 2.20. The number of nitrogens with zero attached hydrogens (tertiary/aromatic N) is 2. The number of piperazine rings is 1. The van der Waals surface area contributed by atoms with Crippen LogP contribution in [-0.4, -0.2) is 62.2 Å². The predicted molar refractivity (Wildman–Crippen MR) is 117 cm³/mol. The van der Waals surface area contributed by atoms with Gasteiger partial charge in [-0.3, -0.25) is 4.79 Å². The third-order valence-corrected chi connectivity index (χ3v) is 5.59. The molecule has 1 saturated heterocycles. The fourth-order valence-corrected chi connectivity index (χ4v) is 3.88. The average molecular weight is 393 g/mol. The van der Waals surface area contributed by atoms with E-state index < -0.39 is 0 Å². The number of para-hydroxylation sites is 1. The molecule has 2 aromatic carbocycles. The lowest BCUT2D eigenvalue weighted by Gasteiger charge is -2.36. The zero-order valence-electron chi connectivity index (χ0n) is 16.9. The summed E-state index contributed by atoms with van der Waals surface area (Å²) in [5, 5.41) is 4.57. The summed E-state index contributed by atoms with van der Waals surface area (Å²) in [6.45, 7) is 4.41. The highest BCUT2D eigenvalue weighted by molar-refractivity contribution is 5.83. The van der Waals surface area contributed by atoms with Gasteiger partial charge in [0.2, 0.25) is 5.91 Å². The first-order valence-electron chi connectivity index (χ1n) is 10.2.